The van der Waals surface area contributed by atoms with Crippen LogP contribution < -0.4 is 5.32 Å². The zero-order chi connectivity index (χ0) is 16.5. The fourth-order valence-electron chi connectivity index (χ4n) is 4.24. The third-order valence-corrected chi connectivity index (χ3v) is 5.28. The second kappa shape index (κ2) is 6.22. The maximum absolute atomic E-state index is 12.7. The first-order valence-corrected chi connectivity index (χ1v) is 8.54. The molecule has 24 heavy (non-hydrogen) atoms. The average molecular weight is 326 g/mol. The highest BCUT2D eigenvalue weighted by molar-refractivity contribution is 5.75. The summed E-state index contributed by atoms with van der Waals surface area (Å²) in [6.45, 7) is 1.11. The lowest BCUT2D eigenvalue weighted by Gasteiger charge is -2.23. The first-order chi connectivity index (χ1) is 11.7. The maximum Gasteiger partial charge on any atom is 0.318 e. The number of hydrogen-bond donors (Lipinski definition) is 1. The number of nitrogens with zero attached hydrogens (tertiary/aromatic N) is 5. The van der Waals surface area contributed by atoms with E-state index in [0.717, 1.165) is 13.0 Å². The molecule has 3 atom stereocenters. The molecule has 3 unspecified atom stereocenters. The van der Waals surface area contributed by atoms with E-state index in [1.54, 1.807) is 7.05 Å². The van der Waals surface area contributed by atoms with Crippen molar-refractivity contribution < 1.29 is 4.79 Å². The first kappa shape index (κ1) is 15.1. The Bertz CT molecular complexity index is 715. The third kappa shape index (κ3) is 2.74. The summed E-state index contributed by atoms with van der Waals surface area (Å²) >= 11 is 0. The molecule has 1 aliphatic carbocycles. The van der Waals surface area contributed by atoms with Gasteiger partial charge in [-0.1, -0.05) is 36.8 Å². The van der Waals surface area contributed by atoms with Gasteiger partial charge in [0.1, 0.15) is 0 Å². The molecule has 7 nitrogen and oxygen atoms in total. The lowest BCUT2D eigenvalue weighted by atomic mass is 9.87. The molecule has 2 amide bonds. The SMILES string of the molecule is Cn1nnc(CNC(=O)N2CC(c3ccccc3)C3CCCC32)n1. The van der Waals surface area contributed by atoms with Crippen molar-refractivity contribution in [2.45, 2.75) is 37.8 Å². The lowest BCUT2D eigenvalue weighted by Crippen LogP contribution is -2.43. The first-order valence-electron chi connectivity index (χ1n) is 8.54. The number of nitrogens with one attached hydrogen (secondary N) is 1. The molecule has 2 fully saturated rings. The van der Waals surface area contributed by atoms with E-state index >= 15 is 0 Å². The van der Waals surface area contributed by atoms with E-state index in [4.69, 9.17) is 0 Å². The number of carbonyl (C=O) groups excluding carboxylic acids is 1. The molecule has 4 rings (SSSR count). The monoisotopic (exact) mass is 326 g/mol. The average Bonchev–Trinajstić information content (AvgIpc) is 3.29. The Hall–Kier alpha value is -2.44. The van der Waals surface area contributed by atoms with E-state index < -0.39 is 0 Å². The number of fused-ring (bicyclic) bond motifs is 1. The second-order valence-corrected chi connectivity index (χ2v) is 6.69. The molecule has 1 aromatic carbocycles. The van der Waals surface area contributed by atoms with Crippen molar-refractivity contribution in [3.05, 3.63) is 41.7 Å². The number of benzene rings is 1. The van der Waals surface area contributed by atoms with Gasteiger partial charge in [-0.05, 0) is 29.5 Å². The minimum Gasteiger partial charge on any atom is -0.331 e. The number of aryl methyl sites for hydroxylation is 1. The number of hydrogen-bond acceptors (Lipinski definition) is 4. The molecule has 1 saturated carbocycles. The fraction of sp³-hybridized carbons (Fsp3) is 0.529. The number of tetrazole rings is 1. The summed E-state index contributed by atoms with van der Waals surface area (Å²) in [6.07, 6.45) is 3.51. The molecule has 1 aromatic heterocycles. The van der Waals surface area contributed by atoms with Crippen molar-refractivity contribution in [2.75, 3.05) is 6.54 Å². The van der Waals surface area contributed by atoms with Crippen molar-refractivity contribution in [1.29, 1.82) is 0 Å². The van der Waals surface area contributed by atoms with E-state index in [9.17, 15) is 4.79 Å². The molecule has 126 valence electrons. The van der Waals surface area contributed by atoms with Crippen LogP contribution in [0.25, 0.3) is 0 Å². The topological polar surface area (TPSA) is 75.9 Å². The van der Waals surface area contributed by atoms with Crippen LogP contribution in [0.15, 0.2) is 30.3 Å². The maximum atomic E-state index is 12.7. The molecule has 2 heterocycles. The van der Waals surface area contributed by atoms with Crippen molar-refractivity contribution >= 4 is 6.03 Å². The van der Waals surface area contributed by atoms with Gasteiger partial charge in [-0.2, -0.15) is 4.80 Å². The Morgan fingerprint density at radius 3 is 2.88 bits per heavy atom. The highest BCUT2D eigenvalue weighted by atomic mass is 16.2. The summed E-state index contributed by atoms with van der Waals surface area (Å²) in [4.78, 5) is 16.1. The summed E-state index contributed by atoms with van der Waals surface area (Å²) in [7, 11) is 1.71. The summed E-state index contributed by atoms with van der Waals surface area (Å²) in [6, 6.07) is 10.9. The van der Waals surface area contributed by atoms with Crippen LogP contribution in [-0.2, 0) is 13.6 Å². The molecule has 1 aliphatic heterocycles. The zero-order valence-electron chi connectivity index (χ0n) is 13.8. The van der Waals surface area contributed by atoms with Gasteiger partial charge in [-0.25, -0.2) is 4.79 Å². The number of likely N-dealkylation sites (tertiary alicyclic amines) is 1. The number of carbonyl (C=O) groups is 1. The highest BCUT2D eigenvalue weighted by Gasteiger charge is 2.46. The van der Waals surface area contributed by atoms with Crippen LogP contribution in [0.3, 0.4) is 0 Å². The number of rotatable bonds is 3. The molecule has 2 aliphatic rings. The fourth-order valence-corrected chi connectivity index (χ4v) is 4.24. The van der Waals surface area contributed by atoms with Crippen LogP contribution >= 0.6 is 0 Å². The van der Waals surface area contributed by atoms with E-state index in [1.807, 2.05) is 11.0 Å². The van der Waals surface area contributed by atoms with Gasteiger partial charge in [0.05, 0.1) is 13.6 Å². The van der Waals surface area contributed by atoms with Crippen LogP contribution in [0.1, 0.15) is 36.6 Å². The van der Waals surface area contributed by atoms with Gasteiger partial charge in [-0.3, -0.25) is 0 Å². The van der Waals surface area contributed by atoms with Crippen LogP contribution in [0.5, 0.6) is 0 Å². The molecule has 0 spiro atoms. The Morgan fingerprint density at radius 2 is 2.12 bits per heavy atom. The minimum absolute atomic E-state index is 0.0159. The molecule has 1 N–H and O–H groups in total. The van der Waals surface area contributed by atoms with Crippen LogP contribution in [-0.4, -0.2) is 43.7 Å². The number of aromatic nitrogens is 4. The van der Waals surface area contributed by atoms with Gasteiger partial charge in [0.15, 0.2) is 5.82 Å². The summed E-state index contributed by atoms with van der Waals surface area (Å²) in [5.74, 6) is 1.56. The molecular weight excluding hydrogens is 304 g/mol. The van der Waals surface area contributed by atoms with Crippen LogP contribution in [0, 0.1) is 5.92 Å². The van der Waals surface area contributed by atoms with Gasteiger partial charge >= 0.3 is 6.03 Å². The standard InChI is InChI=1S/C17H22N6O/c1-22-20-16(19-21-22)10-18-17(24)23-11-14(12-6-3-2-4-7-12)13-8-5-9-15(13)23/h2-4,6-7,13-15H,5,8-11H2,1H3,(H,18,24). The van der Waals surface area contributed by atoms with E-state index in [-0.39, 0.29) is 6.03 Å². The Morgan fingerprint density at radius 1 is 1.29 bits per heavy atom. The van der Waals surface area contributed by atoms with Crippen molar-refractivity contribution in [3.8, 4) is 0 Å². The molecule has 1 saturated heterocycles. The third-order valence-electron chi connectivity index (χ3n) is 5.28. The van der Waals surface area contributed by atoms with Gasteiger partial charge in [0, 0.05) is 18.5 Å². The van der Waals surface area contributed by atoms with E-state index in [0.29, 0.717) is 30.2 Å². The minimum atomic E-state index is -0.0159. The van der Waals surface area contributed by atoms with Crippen LogP contribution in [0.4, 0.5) is 4.79 Å². The normalized spacial score (nSPS) is 25.7. The molecular formula is C17H22N6O. The van der Waals surface area contributed by atoms with Crippen molar-refractivity contribution in [3.63, 3.8) is 0 Å². The van der Waals surface area contributed by atoms with E-state index in [2.05, 4.69) is 45.0 Å². The quantitative estimate of drug-likeness (QED) is 0.931. The molecule has 0 radical (unpaired) electrons. The number of urea groups is 1. The lowest BCUT2D eigenvalue weighted by molar-refractivity contribution is 0.188. The van der Waals surface area contributed by atoms with Gasteiger partial charge in [-0.15, -0.1) is 10.2 Å². The van der Waals surface area contributed by atoms with Crippen LogP contribution in [0.2, 0.25) is 0 Å². The van der Waals surface area contributed by atoms with Gasteiger partial charge in [0.25, 0.3) is 0 Å². The van der Waals surface area contributed by atoms with E-state index in [1.165, 1.54) is 23.2 Å². The largest absolute Gasteiger partial charge is 0.331 e. The molecule has 7 heteroatoms. The summed E-state index contributed by atoms with van der Waals surface area (Å²) in [5.41, 5.74) is 1.35. The second-order valence-electron chi connectivity index (χ2n) is 6.69. The smallest absolute Gasteiger partial charge is 0.318 e. The predicted octanol–water partition coefficient (Wildman–Crippen LogP) is 1.69. The Labute approximate surface area is 141 Å². The van der Waals surface area contributed by atoms with Gasteiger partial charge < -0.3 is 10.2 Å². The summed E-state index contributed by atoms with van der Waals surface area (Å²) < 4.78 is 0. The van der Waals surface area contributed by atoms with Crippen molar-refractivity contribution in [2.24, 2.45) is 13.0 Å². The molecule has 2 aromatic rings. The number of amides is 2. The highest BCUT2D eigenvalue weighted by Crippen LogP contribution is 2.46. The predicted molar refractivity (Wildman–Crippen MR) is 88.1 cm³/mol. The Balaban J connectivity index is 1.46. The Kier molecular flexibility index (Phi) is 3.92. The zero-order valence-corrected chi connectivity index (χ0v) is 13.8. The van der Waals surface area contributed by atoms with Crippen molar-refractivity contribution in [1.82, 2.24) is 30.4 Å². The van der Waals surface area contributed by atoms with Gasteiger partial charge in [0.2, 0.25) is 0 Å². The molecule has 0 bridgehead atoms. The summed E-state index contributed by atoms with van der Waals surface area (Å²) in [5, 5.41) is 14.7.